The number of anilines is 1. The SMILES string of the molecule is CC(CNC1CC1)S(=O)(=O)Nc1c(Cl)cc(F)cc1Cl. The molecule has 2 rings (SSSR count). The highest BCUT2D eigenvalue weighted by atomic mass is 35.5. The Morgan fingerprint density at radius 3 is 2.40 bits per heavy atom. The van der Waals surface area contributed by atoms with E-state index < -0.39 is 21.1 Å². The van der Waals surface area contributed by atoms with E-state index in [0.717, 1.165) is 25.0 Å². The number of rotatable bonds is 6. The van der Waals surface area contributed by atoms with Gasteiger partial charge in [0, 0.05) is 12.6 Å². The summed E-state index contributed by atoms with van der Waals surface area (Å²) in [6, 6.07) is 2.45. The zero-order valence-electron chi connectivity index (χ0n) is 10.8. The fraction of sp³-hybridized carbons (Fsp3) is 0.500. The first-order valence-corrected chi connectivity index (χ1v) is 8.49. The first-order valence-electron chi connectivity index (χ1n) is 6.19. The van der Waals surface area contributed by atoms with E-state index in [4.69, 9.17) is 23.2 Å². The molecule has 1 aromatic rings. The quantitative estimate of drug-likeness (QED) is 0.836. The molecule has 1 aromatic carbocycles. The molecule has 8 heteroatoms. The predicted octanol–water partition coefficient (Wildman–Crippen LogP) is 3.01. The van der Waals surface area contributed by atoms with E-state index in [9.17, 15) is 12.8 Å². The molecule has 1 saturated carbocycles. The summed E-state index contributed by atoms with van der Waals surface area (Å²) in [5, 5.41) is 2.35. The van der Waals surface area contributed by atoms with E-state index in [1.807, 2.05) is 0 Å². The Labute approximate surface area is 127 Å². The van der Waals surface area contributed by atoms with Crippen molar-refractivity contribution in [1.29, 1.82) is 0 Å². The molecule has 1 aliphatic carbocycles. The van der Waals surface area contributed by atoms with Gasteiger partial charge in [-0.1, -0.05) is 23.2 Å². The lowest BCUT2D eigenvalue weighted by Gasteiger charge is -2.17. The van der Waals surface area contributed by atoms with Gasteiger partial charge in [0.25, 0.3) is 0 Å². The molecule has 0 saturated heterocycles. The van der Waals surface area contributed by atoms with E-state index in [0.29, 0.717) is 12.6 Å². The van der Waals surface area contributed by atoms with Crippen LogP contribution in [0.1, 0.15) is 19.8 Å². The summed E-state index contributed by atoms with van der Waals surface area (Å²) in [4.78, 5) is 0. The summed E-state index contributed by atoms with van der Waals surface area (Å²) in [5.74, 6) is -0.619. The summed E-state index contributed by atoms with van der Waals surface area (Å²) in [7, 11) is -3.64. The Balaban J connectivity index is 2.10. The molecular weight excluding hydrogens is 326 g/mol. The van der Waals surface area contributed by atoms with Crippen molar-refractivity contribution in [3.63, 3.8) is 0 Å². The van der Waals surface area contributed by atoms with Crippen LogP contribution in [0.15, 0.2) is 12.1 Å². The van der Waals surface area contributed by atoms with Gasteiger partial charge in [-0.2, -0.15) is 0 Å². The predicted molar refractivity (Wildman–Crippen MR) is 79.4 cm³/mol. The number of hydrogen-bond acceptors (Lipinski definition) is 3. The molecule has 1 unspecified atom stereocenters. The van der Waals surface area contributed by atoms with Crippen molar-refractivity contribution in [1.82, 2.24) is 5.32 Å². The highest BCUT2D eigenvalue weighted by Gasteiger charge is 2.26. The van der Waals surface area contributed by atoms with Crippen LogP contribution in [-0.4, -0.2) is 26.3 Å². The van der Waals surface area contributed by atoms with Crippen molar-refractivity contribution >= 4 is 38.9 Å². The van der Waals surface area contributed by atoms with Gasteiger partial charge in [-0.3, -0.25) is 4.72 Å². The Bertz CT molecular complexity index is 582. The number of benzene rings is 1. The zero-order chi connectivity index (χ0) is 14.9. The zero-order valence-corrected chi connectivity index (χ0v) is 13.1. The minimum Gasteiger partial charge on any atom is -0.313 e. The highest BCUT2D eigenvalue weighted by Crippen LogP contribution is 2.32. The maximum Gasteiger partial charge on any atom is 0.236 e. The molecule has 0 bridgehead atoms. The third kappa shape index (κ3) is 3.97. The summed E-state index contributed by atoms with van der Waals surface area (Å²) in [5.41, 5.74) is 0.00741. The topological polar surface area (TPSA) is 58.2 Å². The van der Waals surface area contributed by atoms with Gasteiger partial charge in [0.15, 0.2) is 0 Å². The standard InChI is InChI=1S/C12H15Cl2FN2O2S/c1-7(6-16-9-2-3-9)20(18,19)17-12-10(13)4-8(15)5-11(12)14/h4-5,7,9,16-17H,2-3,6H2,1H3. The average molecular weight is 341 g/mol. The van der Waals surface area contributed by atoms with E-state index in [-0.39, 0.29) is 15.7 Å². The third-order valence-electron chi connectivity index (χ3n) is 3.05. The van der Waals surface area contributed by atoms with E-state index in [1.165, 1.54) is 0 Å². The fourth-order valence-corrected chi connectivity index (χ4v) is 3.30. The molecular formula is C12H15Cl2FN2O2S. The second-order valence-electron chi connectivity index (χ2n) is 4.88. The van der Waals surface area contributed by atoms with E-state index in [2.05, 4.69) is 10.0 Å². The van der Waals surface area contributed by atoms with Gasteiger partial charge in [-0.05, 0) is 31.9 Å². The summed E-state index contributed by atoms with van der Waals surface area (Å²) in [6.45, 7) is 1.93. The third-order valence-corrected chi connectivity index (χ3v) is 5.36. The lowest BCUT2D eigenvalue weighted by atomic mass is 10.3. The largest absolute Gasteiger partial charge is 0.313 e. The molecule has 1 aliphatic rings. The Kier molecular flexibility index (Phi) is 4.79. The molecule has 0 aliphatic heterocycles. The van der Waals surface area contributed by atoms with Crippen LogP contribution in [0.4, 0.5) is 10.1 Å². The molecule has 112 valence electrons. The van der Waals surface area contributed by atoms with Crippen molar-refractivity contribution in [2.24, 2.45) is 0 Å². The Morgan fingerprint density at radius 2 is 1.90 bits per heavy atom. The maximum atomic E-state index is 13.1. The molecule has 0 spiro atoms. The number of sulfonamides is 1. The van der Waals surface area contributed by atoms with Crippen LogP contribution in [0, 0.1) is 5.82 Å². The van der Waals surface area contributed by atoms with Crippen LogP contribution < -0.4 is 10.0 Å². The monoisotopic (exact) mass is 340 g/mol. The minimum atomic E-state index is -3.64. The smallest absolute Gasteiger partial charge is 0.236 e. The average Bonchev–Trinajstić information content (AvgIpc) is 3.14. The Hall–Kier alpha value is -0.560. The first kappa shape index (κ1) is 15.8. The first-order chi connectivity index (χ1) is 9.29. The molecule has 0 radical (unpaired) electrons. The van der Waals surface area contributed by atoms with E-state index >= 15 is 0 Å². The molecule has 20 heavy (non-hydrogen) atoms. The molecule has 4 nitrogen and oxygen atoms in total. The molecule has 2 N–H and O–H groups in total. The second kappa shape index (κ2) is 6.05. The van der Waals surface area contributed by atoms with Crippen LogP contribution in [-0.2, 0) is 10.0 Å². The van der Waals surface area contributed by atoms with E-state index in [1.54, 1.807) is 6.92 Å². The molecule has 0 heterocycles. The fourth-order valence-electron chi connectivity index (χ4n) is 1.61. The van der Waals surface area contributed by atoms with Gasteiger partial charge in [-0.25, -0.2) is 12.8 Å². The summed E-state index contributed by atoms with van der Waals surface area (Å²) < 4.78 is 39.7. The lowest BCUT2D eigenvalue weighted by Crippen LogP contribution is -2.35. The summed E-state index contributed by atoms with van der Waals surface area (Å²) >= 11 is 11.6. The molecule has 1 fully saturated rings. The minimum absolute atomic E-state index is 0.00741. The van der Waals surface area contributed by atoms with Crippen LogP contribution in [0.5, 0.6) is 0 Å². The molecule has 1 atom stereocenters. The number of hydrogen-bond donors (Lipinski definition) is 2. The van der Waals surface area contributed by atoms with Gasteiger partial charge in [-0.15, -0.1) is 0 Å². The van der Waals surface area contributed by atoms with Gasteiger partial charge in [0.05, 0.1) is 21.0 Å². The lowest BCUT2D eigenvalue weighted by molar-refractivity contribution is 0.576. The van der Waals surface area contributed by atoms with Crippen LogP contribution in [0.3, 0.4) is 0 Å². The summed E-state index contributed by atoms with van der Waals surface area (Å²) in [6.07, 6.45) is 2.16. The van der Waals surface area contributed by atoms with Crippen molar-refractivity contribution in [2.45, 2.75) is 31.1 Å². The van der Waals surface area contributed by atoms with Crippen LogP contribution in [0.25, 0.3) is 0 Å². The van der Waals surface area contributed by atoms with Crippen molar-refractivity contribution < 1.29 is 12.8 Å². The highest BCUT2D eigenvalue weighted by molar-refractivity contribution is 7.93. The molecule has 0 amide bonds. The second-order valence-corrected chi connectivity index (χ2v) is 7.80. The maximum absolute atomic E-state index is 13.1. The van der Waals surface area contributed by atoms with Crippen LogP contribution in [0.2, 0.25) is 10.0 Å². The van der Waals surface area contributed by atoms with Gasteiger partial charge >= 0.3 is 0 Å². The number of halogens is 3. The van der Waals surface area contributed by atoms with Gasteiger partial charge in [0.2, 0.25) is 10.0 Å². The van der Waals surface area contributed by atoms with Crippen molar-refractivity contribution in [3.05, 3.63) is 28.0 Å². The molecule has 0 aromatic heterocycles. The van der Waals surface area contributed by atoms with Crippen molar-refractivity contribution in [3.8, 4) is 0 Å². The normalized spacial score (nSPS) is 17.0. The number of nitrogens with one attached hydrogen (secondary N) is 2. The van der Waals surface area contributed by atoms with Crippen LogP contribution >= 0.6 is 23.2 Å². The van der Waals surface area contributed by atoms with Gasteiger partial charge in [0.1, 0.15) is 5.82 Å². The van der Waals surface area contributed by atoms with Crippen molar-refractivity contribution in [2.75, 3.05) is 11.3 Å². The Morgan fingerprint density at radius 1 is 1.35 bits per heavy atom. The van der Waals surface area contributed by atoms with Gasteiger partial charge < -0.3 is 5.32 Å².